The Morgan fingerprint density at radius 2 is 1.68 bits per heavy atom. The first-order valence-corrected chi connectivity index (χ1v) is 10.6. The molecule has 3 atom stereocenters. The average molecular weight is 433 g/mol. The van der Waals surface area contributed by atoms with Crippen LogP contribution in [-0.2, 0) is 19.2 Å². The van der Waals surface area contributed by atoms with Crippen molar-refractivity contribution < 1.29 is 24.3 Å². The molecular weight excluding hydrogens is 400 g/mol. The highest BCUT2D eigenvalue weighted by atomic mass is 16.4. The second kappa shape index (κ2) is 11.5. The Balaban J connectivity index is 2.07. The monoisotopic (exact) mass is 432 g/mol. The van der Waals surface area contributed by atoms with Crippen LogP contribution in [0.5, 0.6) is 0 Å². The molecule has 6 N–H and O–H groups in total. The van der Waals surface area contributed by atoms with Gasteiger partial charge in [-0.15, -0.1) is 0 Å². The van der Waals surface area contributed by atoms with Gasteiger partial charge >= 0.3 is 5.97 Å². The SMILES string of the molecule is CC(=O)NC1CCC(=C[C@H](NC(=O)[C@H](/C=C2/C=C[C@H](N)CC2)NC(C)=O)C(=O)O)CC1. The van der Waals surface area contributed by atoms with E-state index < -0.39 is 29.9 Å². The zero-order valence-corrected chi connectivity index (χ0v) is 18.0. The zero-order chi connectivity index (χ0) is 23.0. The van der Waals surface area contributed by atoms with Gasteiger partial charge in [-0.05, 0) is 50.2 Å². The zero-order valence-electron chi connectivity index (χ0n) is 18.0. The summed E-state index contributed by atoms with van der Waals surface area (Å²) in [5.74, 6) is -2.25. The molecule has 0 radical (unpaired) electrons. The van der Waals surface area contributed by atoms with Gasteiger partial charge in [-0.2, -0.15) is 0 Å². The van der Waals surface area contributed by atoms with Gasteiger partial charge in [-0.25, -0.2) is 4.79 Å². The van der Waals surface area contributed by atoms with Crippen LogP contribution in [0.3, 0.4) is 0 Å². The van der Waals surface area contributed by atoms with Crippen LogP contribution in [0, 0.1) is 0 Å². The minimum atomic E-state index is -1.20. The van der Waals surface area contributed by atoms with Crippen molar-refractivity contribution in [3.8, 4) is 0 Å². The van der Waals surface area contributed by atoms with E-state index in [0.717, 1.165) is 30.4 Å². The number of aliphatic carboxylic acids is 1. The molecule has 0 aromatic carbocycles. The summed E-state index contributed by atoms with van der Waals surface area (Å²) >= 11 is 0. The lowest BCUT2D eigenvalue weighted by Gasteiger charge is -2.25. The largest absolute Gasteiger partial charge is 0.479 e. The maximum Gasteiger partial charge on any atom is 0.330 e. The van der Waals surface area contributed by atoms with Gasteiger partial charge in [-0.1, -0.05) is 23.8 Å². The van der Waals surface area contributed by atoms with Crippen molar-refractivity contribution in [3.63, 3.8) is 0 Å². The number of carbonyl (C=O) groups excluding carboxylic acids is 3. The summed E-state index contributed by atoms with van der Waals surface area (Å²) in [5, 5.41) is 17.5. The van der Waals surface area contributed by atoms with Crippen LogP contribution in [-0.4, -0.2) is 53.0 Å². The molecule has 31 heavy (non-hydrogen) atoms. The van der Waals surface area contributed by atoms with Gasteiger partial charge in [0.2, 0.25) is 17.7 Å². The molecule has 0 heterocycles. The molecule has 0 aliphatic heterocycles. The molecular formula is C22H32N4O5. The molecule has 0 unspecified atom stereocenters. The first-order valence-electron chi connectivity index (χ1n) is 10.6. The average Bonchev–Trinajstić information content (AvgIpc) is 2.69. The van der Waals surface area contributed by atoms with E-state index in [1.165, 1.54) is 13.8 Å². The van der Waals surface area contributed by atoms with E-state index in [9.17, 15) is 24.3 Å². The molecule has 0 bridgehead atoms. The molecule has 1 saturated carbocycles. The fourth-order valence-electron chi connectivity index (χ4n) is 3.76. The van der Waals surface area contributed by atoms with E-state index in [1.807, 2.05) is 12.2 Å². The van der Waals surface area contributed by atoms with Crippen LogP contribution >= 0.6 is 0 Å². The summed E-state index contributed by atoms with van der Waals surface area (Å²) in [7, 11) is 0. The third kappa shape index (κ3) is 8.37. The summed E-state index contributed by atoms with van der Waals surface area (Å²) in [5.41, 5.74) is 7.62. The van der Waals surface area contributed by atoms with Gasteiger partial charge in [0, 0.05) is 25.9 Å². The summed E-state index contributed by atoms with van der Waals surface area (Å²) in [6.45, 7) is 2.77. The Morgan fingerprint density at radius 1 is 1.00 bits per heavy atom. The van der Waals surface area contributed by atoms with Gasteiger partial charge in [0.15, 0.2) is 0 Å². The number of carbonyl (C=O) groups is 4. The van der Waals surface area contributed by atoms with Crippen LogP contribution < -0.4 is 21.7 Å². The Bertz CT molecular complexity index is 792. The van der Waals surface area contributed by atoms with Crippen LogP contribution in [0.15, 0.2) is 35.5 Å². The van der Waals surface area contributed by atoms with Gasteiger partial charge < -0.3 is 26.8 Å². The number of hydrogen-bond donors (Lipinski definition) is 5. The van der Waals surface area contributed by atoms with Crippen molar-refractivity contribution >= 4 is 23.7 Å². The number of allylic oxidation sites excluding steroid dienone is 3. The van der Waals surface area contributed by atoms with Gasteiger partial charge in [0.25, 0.3) is 0 Å². The van der Waals surface area contributed by atoms with Crippen LogP contribution in [0.25, 0.3) is 0 Å². The Kier molecular flexibility index (Phi) is 8.99. The second-order valence-electron chi connectivity index (χ2n) is 8.11. The van der Waals surface area contributed by atoms with E-state index in [1.54, 1.807) is 12.2 Å². The predicted octanol–water partition coefficient (Wildman–Crippen LogP) is 0.669. The van der Waals surface area contributed by atoms with Gasteiger partial charge in [0.1, 0.15) is 12.1 Å². The van der Waals surface area contributed by atoms with E-state index in [0.29, 0.717) is 19.3 Å². The molecule has 9 heteroatoms. The van der Waals surface area contributed by atoms with Crippen molar-refractivity contribution in [3.05, 3.63) is 35.5 Å². The number of hydrogen-bond acceptors (Lipinski definition) is 5. The molecule has 3 amide bonds. The summed E-state index contributed by atoms with van der Waals surface area (Å²) in [4.78, 5) is 47.3. The Labute approximate surface area is 182 Å². The first kappa shape index (κ1) is 24.3. The third-order valence-electron chi connectivity index (χ3n) is 5.35. The fourth-order valence-corrected chi connectivity index (χ4v) is 3.76. The normalized spacial score (nSPS) is 24.1. The number of amides is 3. The fraction of sp³-hybridized carbons (Fsp3) is 0.545. The summed E-state index contributed by atoms with van der Waals surface area (Å²) in [6, 6.07) is -2.14. The minimum absolute atomic E-state index is 0.0334. The second-order valence-corrected chi connectivity index (χ2v) is 8.11. The lowest BCUT2D eigenvalue weighted by Crippen LogP contribution is -2.50. The number of rotatable bonds is 7. The van der Waals surface area contributed by atoms with Crippen molar-refractivity contribution in [2.24, 2.45) is 5.73 Å². The predicted molar refractivity (Wildman–Crippen MR) is 116 cm³/mol. The standard InChI is InChI=1S/C22H32N4O5/c1-13(27)24-18-9-5-16(6-10-18)12-20(22(30)31)26-21(29)19(25-14(2)28)11-15-3-7-17(23)8-4-15/h3,7,11-12,17-20H,4-6,8-10,23H2,1-2H3,(H,24,27)(H,25,28)(H,26,29)(H,30,31)/b15-11-,16-12?/t17-,18?,19-,20-/m0/s1. The third-order valence-corrected chi connectivity index (χ3v) is 5.35. The number of carboxylic acids is 1. The Hall–Kier alpha value is -2.94. The maximum atomic E-state index is 12.8. The van der Waals surface area contributed by atoms with Crippen molar-refractivity contribution in [2.45, 2.75) is 76.5 Å². The smallest absolute Gasteiger partial charge is 0.330 e. The molecule has 2 aliphatic rings. The minimum Gasteiger partial charge on any atom is -0.479 e. The first-order chi connectivity index (χ1) is 14.6. The quantitative estimate of drug-likeness (QED) is 0.373. The van der Waals surface area contributed by atoms with Crippen LogP contribution in [0.1, 0.15) is 52.4 Å². The van der Waals surface area contributed by atoms with Crippen molar-refractivity contribution in [2.75, 3.05) is 0 Å². The molecule has 2 aliphatic carbocycles. The number of carboxylic acid groups (broad SMARTS) is 1. The number of nitrogens with two attached hydrogens (primary N) is 1. The molecule has 0 aromatic rings. The van der Waals surface area contributed by atoms with Crippen LogP contribution in [0.2, 0.25) is 0 Å². The van der Waals surface area contributed by atoms with E-state index in [4.69, 9.17) is 5.73 Å². The van der Waals surface area contributed by atoms with E-state index in [-0.39, 0.29) is 18.0 Å². The molecule has 0 saturated heterocycles. The van der Waals surface area contributed by atoms with E-state index in [2.05, 4.69) is 16.0 Å². The van der Waals surface area contributed by atoms with Gasteiger partial charge in [-0.3, -0.25) is 14.4 Å². The van der Waals surface area contributed by atoms with Crippen LogP contribution in [0.4, 0.5) is 0 Å². The highest BCUT2D eigenvalue weighted by molar-refractivity contribution is 5.92. The molecule has 0 spiro atoms. The molecule has 2 rings (SSSR count). The summed E-state index contributed by atoms with van der Waals surface area (Å²) < 4.78 is 0. The molecule has 1 fully saturated rings. The highest BCUT2D eigenvalue weighted by Crippen LogP contribution is 2.24. The number of nitrogens with one attached hydrogen (secondary N) is 3. The maximum absolute atomic E-state index is 12.8. The summed E-state index contributed by atoms with van der Waals surface area (Å²) in [6.07, 6.45) is 11.0. The molecule has 170 valence electrons. The lowest BCUT2D eigenvalue weighted by atomic mass is 9.89. The highest BCUT2D eigenvalue weighted by Gasteiger charge is 2.26. The van der Waals surface area contributed by atoms with Gasteiger partial charge in [0.05, 0.1) is 0 Å². The Morgan fingerprint density at radius 3 is 2.19 bits per heavy atom. The molecule has 0 aromatic heterocycles. The lowest BCUT2D eigenvalue weighted by molar-refractivity contribution is -0.140. The topological polar surface area (TPSA) is 151 Å². The van der Waals surface area contributed by atoms with Crippen molar-refractivity contribution in [1.82, 2.24) is 16.0 Å². The van der Waals surface area contributed by atoms with Crippen molar-refractivity contribution in [1.29, 1.82) is 0 Å². The molecule has 9 nitrogen and oxygen atoms in total. The van der Waals surface area contributed by atoms with E-state index >= 15 is 0 Å².